The van der Waals surface area contributed by atoms with Crippen LogP contribution in [-0.2, 0) is 4.79 Å². The van der Waals surface area contributed by atoms with Crippen LogP contribution in [0.5, 0.6) is 0 Å². The number of carbonyl (C=O) groups is 1. The van der Waals surface area contributed by atoms with Crippen molar-refractivity contribution in [3.05, 3.63) is 40.9 Å². The van der Waals surface area contributed by atoms with E-state index in [0.717, 1.165) is 19.3 Å². The Morgan fingerprint density at radius 2 is 2.26 bits per heavy atom. The standard InChI is InChI=1S/C14H14N2O3/c17-13(9-4-2-1-3-5-9)15-10-6-7-12-11(8-10)16-14(18)19-12/h1-2,6-9H,3-5H2,(H,15,17)(H,16,18). The van der Waals surface area contributed by atoms with E-state index < -0.39 is 5.76 Å². The van der Waals surface area contributed by atoms with Gasteiger partial charge >= 0.3 is 5.76 Å². The Morgan fingerprint density at radius 3 is 3.05 bits per heavy atom. The summed E-state index contributed by atoms with van der Waals surface area (Å²) in [6.07, 6.45) is 6.77. The highest BCUT2D eigenvalue weighted by Gasteiger charge is 2.18. The van der Waals surface area contributed by atoms with E-state index in [4.69, 9.17) is 4.42 Å². The number of fused-ring (bicyclic) bond motifs is 1. The maximum atomic E-state index is 12.1. The Bertz CT molecular complexity index is 696. The van der Waals surface area contributed by atoms with Crippen LogP contribution in [0.2, 0.25) is 0 Å². The smallest absolute Gasteiger partial charge is 0.408 e. The molecule has 0 bridgehead atoms. The van der Waals surface area contributed by atoms with Crippen molar-refractivity contribution in [1.82, 2.24) is 4.98 Å². The van der Waals surface area contributed by atoms with Crippen LogP contribution in [0.3, 0.4) is 0 Å². The normalized spacial score (nSPS) is 18.6. The summed E-state index contributed by atoms with van der Waals surface area (Å²) >= 11 is 0. The van der Waals surface area contributed by atoms with Crippen LogP contribution < -0.4 is 11.1 Å². The van der Waals surface area contributed by atoms with E-state index >= 15 is 0 Å². The molecule has 19 heavy (non-hydrogen) atoms. The number of anilines is 1. The van der Waals surface area contributed by atoms with Crippen molar-refractivity contribution in [2.75, 3.05) is 5.32 Å². The van der Waals surface area contributed by atoms with Gasteiger partial charge in [-0.25, -0.2) is 4.79 Å². The molecule has 2 aromatic rings. The van der Waals surface area contributed by atoms with Crippen molar-refractivity contribution in [3.63, 3.8) is 0 Å². The first-order chi connectivity index (χ1) is 9.22. The Morgan fingerprint density at radius 1 is 1.37 bits per heavy atom. The number of benzene rings is 1. The largest absolute Gasteiger partial charge is 0.417 e. The van der Waals surface area contributed by atoms with E-state index in [1.54, 1.807) is 18.2 Å². The lowest BCUT2D eigenvalue weighted by molar-refractivity contribution is -0.120. The van der Waals surface area contributed by atoms with Gasteiger partial charge in [-0.2, -0.15) is 0 Å². The summed E-state index contributed by atoms with van der Waals surface area (Å²) in [5, 5.41) is 2.88. The zero-order valence-corrected chi connectivity index (χ0v) is 10.3. The van der Waals surface area contributed by atoms with Gasteiger partial charge < -0.3 is 9.73 Å². The molecule has 5 nitrogen and oxygen atoms in total. The number of hydrogen-bond acceptors (Lipinski definition) is 3. The second-order valence-corrected chi connectivity index (χ2v) is 4.70. The molecule has 1 aromatic heterocycles. The number of amides is 1. The van der Waals surface area contributed by atoms with E-state index in [9.17, 15) is 9.59 Å². The van der Waals surface area contributed by atoms with Crippen molar-refractivity contribution < 1.29 is 9.21 Å². The highest BCUT2D eigenvalue weighted by molar-refractivity contribution is 5.94. The van der Waals surface area contributed by atoms with Gasteiger partial charge in [0.2, 0.25) is 5.91 Å². The fourth-order valence-corrected chi connectivity index (χ4v) is 2.31. The summed E-state index contributed by atoms with van der Waals surface area (Å²) in [6, 6.07) is 5.11. The molecule has 0 saturated heterocycles. The van der Waals surface area contributed by atoms with Crippen LogP contribution in [-0.4, -0.2) is 10.9 Å². The monoisotopic (exact) mass is 258 g/mol. The van der Waals surface area contributed by atoms with Gasteiger partial charge in [0.15, 0.2) is 5.58 Å². The molecule has 1 heterocycles. The Labute approximate surface area is 109 Å². The van der Waals surface area contributed by atoms with Gasteiger partial charge in [0.25, 0.3) is 0 Å². The van der Waals surface area contributed by atoms with Gasteiger partial charge in [0, 0.05) is 11.6 Å². The van der Waals surface area contributed by atoms with Crippen molar-refractivity contribution in [3.8, 4) is 0 Å². The molecule has 1 aromatic carbocycles. The van der Waals surface area contributed by atoms with Gasteiger partial charge in [0.1, 0.15) is 0 Å². The van der Waals surface area contributed by atoms with Gasteiger partial charge in [-0.15, -0.1) is 0 Å². The van der Waals surface area contributed by atoms with Crippen LogP contribution in [0.4, 0.5) is 5.69 Å². The Hall–Kier alpha value is -2.30. The van der Waals surface area contributed by atoms with E-state index in [-0.39, 0.29) is 11.8 Å². The van der Waals surface area contributed by atoms with Gasteiger partial charge in [-0.05, 0) is 37.5 Å². The number of allylic oxidation sites excluding steroid dienone is 2. The van der Waals surface area contributed by atoms with E-state index in [2.05, 4.69) is 16.4 Å². The second kappa shape index (κ2) is 4.76. The molecule has 0 saturated carbocycles. The van der Waals surface area contributed by atoms with Crippen LogP contribution >= 0.6 is 0 Å². The highest BCUT2D eigenvalue weighted by Crippen LogP contribution is 2.21. The predicted molar refractivity (Wildman–Crippen MR) is 71.9 cm³/mol. The molecule has 2 N–H and O–H groups in total. The molecule has 1 aliphatic rings. The third-order valence-corrected chi connectivity index (χ3v) is 3.33. The van der Waals surface area contributed by atoms with E-state index in [1.807, 2.05) is 6.08 Å². The molecular weight excluding hydrogens is 244 g/mol. The number of aromatic nitrogens is 1. The Balaban J connectivity index is 1.78. The number of nitrogens with one attached hydrogen (secondary N) is 2. The fraction of sp³-hybridized carbons (Fsp3) is 0.286. The lowest BCUT2D eigenvalue weighted by Crippen LogP contribution is -2.23. The lowest BCUT2D eigenvalue weighted by Gasteiger charge is -2.17. The van der Waals surface area contributed by atoms with Gasteiger partial charge in [-0.1, -0.05) is 12.2 Å². The molecule has 1 amide bonds. The molecule has 1 unspecified atom stereocenters. The van der Waals surface area contributed by atoms with Crippen molar-refractivity contribution in [1.29, 1.82) is 0 Å². The van der Waals surface area contributed by atoms with Crippen molar-refractivity contribution in [2.24, 2.45) is 5.92 Å². The third-order valence-electron chi connectivity index (χ3n) is 3.33. The first-order valence-electron chi connectivity index (χ1n) is 6.31. The second-order valence-electron chi connectivity index (χ2n) is 4.70. The SMILES string of the molecule is O=C(Nc1ccc2oc(=O)[nH]c2c1)C1CC=CCC1. The average Bonchev–Trinajstić information content (AvgIpc) is 2.79. The van der Waals surface area contributed by atoms with Gasteiger partial charge in [0.05, 0.1) is 5.52 Å². The summed E-state index contributed by atoms with van der Waals surface area (Å²) in [5.41, 5.74) is 1.75. The number of rotatable bonds is 2. The number of hydrogen-bond donors (Lipinski definition) is 2. The molecule has 1 atom stereocenters. The number of aromatic amines is 1. The molecule has 0 spiro atoms. The Kier molecular flexibility index (Phi) is 2.95. The molecule has 1 aliphatic carbocycles. The molecule has 5 heteroatoms. The van der Waals surface area contributed by atoms with E-state index in [1.165, 1.54) is 0 Å². The molecule has 0 aliphatic heterocycles. The van der Waals surface area contributed by atoms with Crippen LogP contribution in [0.1, 0.15) is 19.3 Å². The summed E-state index contributed by atoms with van der Waals surface area (Å²) in [4.78, 5) is 25.7. The predicted octanol–water partition coefficient (Wildman–Crippen LogP) is 2.42. The number of H-pyrrole nitrogens is 1. The minimum Gasteiger partial charge on any atom is -0.408 e. The van der Waals surface area contributed by atoms with Crippen molar-refractivity contribution >= 4 is 22.7 Å². The van der Waals surface area contributed by atoms with Crippen LogP contribution in [0, 0.1) is 5.92 Å². The third kappa shape index (κ3) is 2.45. The summed E-state index contributed by atoms with van der Waals surface area (Å²) in [6.45, 7) is 0. The zero-order chi connectivity index (χ0) is 13.2. The average molecular weight is 258 g/mol. The first kappa shape index (κ1) is 11.8. The maximum absolute atomic E-state index is 12.1. The summed E-state index contributed by atoms with van der Waals surface area (Å²) in [5.74, 6) is -0.436. The minimum absolute atomic E-state index is 0.0227. The molecular formula is C14H14N2O3. The fourth-order valence-electron chi connectivity index (χ4n) is 2.31. The molecule has 0 fully saturated rings. The quantitative estimate of drug-likeness (QED) is 0.812. The number of carbonyl (C=O) groups excluding carboxylic acids is 1. The summed E-state index contributed by atoms with van der Waals surface area (Å²) < 4.78 is 4.91. The zero-order valence-electron chi connectivity index (χ0n) is 10.3. The van der Waals surface area contributed by atoms with Gasteiger partial charge in [-0.3, -0.25) is 9.78 Å². The van der Waals surface area contributed by atoms with Crippen molar-refractivity contribution in [2.45, 2.75) is 19.3 Å². The maximum Gasteiger partial charge on any atom is 0.417 e. The van der Waals surface area contributed by atoms with E-state index in [0.29, 0.717) is 16.8 Å². The van der Waals surface area contributed by atoms with Crippen LogP contribution in [0.25, 0.3) is 11.1 Å². The summed E-state index contributed by atoms with van der Waals surface area (Å²) in [7, 11) is 0. The molecule has 3 rings (SSSR count). The minimum atomic E-state index is -0.490. The highest BCUT2D eigenvalue weighted by atomic mass is 16.4. The topological polar surface area (TPSA) is 75.1 Å². The molecule has 0 radical (unpaired) electrons. The lowest BCUT2D eigenvalue weighted by atomic mass is 9.93. The number of oxazole rings is 1. The molecule has 98 valence electrons. The first-order valence-corrected chi connectivity index (χ1v) is 6.31. The van der Waals surface area contributed by atoms with Crippen LogP contribution in [0.15, 0.2) is 39.6 Å².